The Balaban J connectivity index is 1.36. The fourth-order valence-corrected chi connectivity index (χ4v) is 9.52. The van der Waals surface area contributed by atoms with Crippen LogP contribution < -0.4 is 10.6 Å². The van der Waals surface area contributed by atoms with E-state index in [-0.39, 0.29) is 0 Å². The number of hydrogen-bond acceptors (Lipinski definition) is 4. The van der Waals surface area contributed by atoms with Gasteiger partial charge >= 0.3 is 0 Å². The maximum absolute atomic E-state index is 7.25. The van der Waals surface area contributed by atoms with Crippen molar-refractivity contribution in [2.45, 2.75) is 13.8 Å². The second-order valence-corrected chi connectivity index (χ2v) is 14.6. The normalized spacial score (nSPS) is 13.2. The van der Waals surface area contributed by atoms with Crippen molar-refractivity contribution in [3.8, 4) is 5.82 Å². The molecule has 0 fully saturated rings. The second-order valence-electron chi connectivity index (χ2n) is 13.1. The fourth-order valence-electron chi connectivity index (χ4n) is 8.01. The van der Waals surface area contributed by atoms with Gasteiger partial charge in [-0.05, 0) is 65.2 Å². The largest absolute Gasteiger partial charge is 0.455 e. The summed E-state index contributed by atoms with van der Waals surface area (Å²) in [4.78, 5) is 10.3. The molecule has 4 aromatic heterocycles. The summed E-state index contributed by atoms with van der Waals surface area (Å²) in [5.74, 6) is 0.556. The van der Waals surface area contributed by atoms with Crippen molar-refractivity contribution >= 4 is 127 Å². The summed E-state index contributed by atoms with van der Waals surface area (Å²) in [5, 5.41) is 12.8. The molecule has 0 atom stereocenters. The SMILES string of the molecule is C=C/C=C\c1c(C)ccc2c1oc1cc3nc(-n4c(=C/C=C)/c(=C\C)c5c6ccccc6c6c7cc8ccccc8cc7sc6c54)c(Cl)nc3cc12. The Hall–Kier alpha value is -6.01. The van der Waals surface area contributed by atoms with Crippen molar-refractivity contribution in [1.82, 2.24) is 14.5 Å². The highest BCUT2D eigenvalue weighted by atomic mass is 35.5. The Morgan fingerprint density at radius 2 is 1.54 bits per heavy atom. The number of allylic oxidation sites excluding steroid dienone is 3. The number of aryl methyl sites for hydroxylation is 1. The molecule has 0 amide bonds. The van der Waals surface area contributed by atoms with Crippen molar-refractivity contribution in [3.05, 3.63) is 143 Å². The number of fused-ring (bicyclic) bond motifs is 13. The summed E-state index contributed by atoms with van der Waals surface area (Å²) in [6.07, 6.45) is 11.8. The first-order valence-electron chi connectivity index (χ1n) is 17.2. The van der Waals surface area contributed by atoms with Gasteiger partial charge in [-0.25, -0.2) is 9.97 Å². The minimum absolute atomic E-state index is 0.316. The lowest BCUT2D eigenvalue weighted by Crippen LogP contribution is -2.28. The lowest BCUT2D eigenvalue weighted by atomic mass is 9.98. The first kappa shape index (κ1) is 30.8. The van der Waals surface area contributed by atoms with Crippen LogP contribution in [0.5, 0.6) is 0 Å². The first-order chi connectivity index (χ1) is 25.5. The minimum atomic E-state index is 0.316. The molecule has 0 saturated carbocycles. The number of thiophene rings is 1. The molecule has 0 aliphatic rings. The summed E-state index contributed by atoms with van der Waals surface area (Å²) in [6.45, 7) is 12.1. The number of benzene rings is 6. The van der Waals surface area contributed by atoms with Gasteiger partial charge in [0.15, 0.2) is 11.0 Å². The molecule has 52 heavy (non-hydrogen) atoms. The van der Waals surface area contributed by atoms with Gasteiger partial charge in [0.25, 0.3) is 0 Å². The minimum Gasteiger partial charge on any atom is -0.455 e. The average molecular weight is 708 g/mol. The molecule has 0 N–H and O–H groups in total. The van der Waals surface area contributed by atoms with Crippen LogP contribution in [0.4, 0.5) is 0 Å². The van der Waals surface area contributed by atoms with E-state index >= 15 is 0 Å². The van der Waals surface area contributed by atoms with Gasteiger partial charge in [-0.1, -0.05) is 116 Å². The van der Waals surface area contributed by atoms with Crippen LogP contribution in [0.15, 0.2) is 121 Å². The first-order valence-corrected chi connectivity index (χ1v) is 18.4. The molecule has 0 radical (unpaired) electrons. The van der Waals surface area contributed by atoms with E-state index in [0.717, 1.165) is 54.5 Å². The molecule has 0 aliphatic heterocycles. The van der Waals surface area contributed by atoms with Crippen LogP contribution in [0.3, 0.4) is 0 Å². The third-order valence-corrected chi connectivity index (χ3v) is 11.7. The van der Waals surface area contributed by atoms with E-state index in [4.69, 9.17) is 26.0 Å². The molecule has 0 aliphatic carbocycles. The number of aromatic nitrogens is 3. The molecule has 4 nitrogen and oxygen atoms in total. The van der Waals surface area contributed by atoms with E-state index in [1.807, 2.05) is 47.8 Å². The Morgan fingerprint density at radius 1 is 0.788 bits per heavy atom. The van der Waals surface area contributed by atoms with Crippen LogP contribution in [-0.4, -0.2) is 14.5 Å². The Kier molecular flexibility index (Phi) is 6.81. The Morgan fingerprint density at radius 3 is 2.31 bits per heavy atom. The van der Waals surface area contributed by atoms with Gasteiger partial charge < -0.3 is 4.42 Å². The molecule has 6 heteroatoms. The van der Waals surface area contributed by atoms with Crippen LogP contribution in [0, 0.1) is 6.92 Å². The zero-order valence-corrected chi connectivity index (χ0v) is 30.1. The van der Waals surface area contributed by atoms with E-state index in [0.29, 0.717) is 22.0 Å². The summed E-state index contributed by atoms with van der Waals surface area (Å²) < 4.78 is 11.2. The highest BCUT2D eigenvalue weighted by Crippen LogP contribution is 2.45. The molecule has 10 rings (SSSR count). The standard InChI is InChI=1S/C46H30ClN3OS/c1-5-8-16-29-25(4)19-20-32-33-23-35-36(24-38(33)51-43(29)32)49-46(45(47)48-35)50-37(13-6-2)28(7-3)40-30-17-11-12-18-31(30)41-34-21-26-14-9-10-15-27(26)22-39(34)52-44(41)42(40)50/h5-24H,1-2H2,3-4H3/b16-8-,28-7+,37-13+. The molecule has 0 bridgehead atoms. The number of halogens is 1. The van der Waals surface area contributed by atoms with Crippen molar-refractivity contribution in [2.24, 2.45) is 0 Å². The third-order valence-electron chi connectivity index (χ3n) is 10.3. The molecule has 0 spiro atoms. The van der Waals surface area contributed by atoms with Crippen LogP contribution in [0.1, 0.15) is 18.1 Å². The summed E-state index contributed by atoms with van der Waals surface area (Å²) >= 11 is 9.05. The molecule has 4 heterocycles. The zero-order chi connectivity index (χ0) is 35.2. The van der Waals surface area contributed by atoms with Gasteiger partial charge in [0.05, 0.1) is 26.6 Å². The van der Waals surface area contributed by atoms with Crippen LogP contribution in [0.2, 0.25) is 5.15 Å². The molecule has 0 saturated heterocycles. The van der Waals surface area contributed by atoms with Gasteiger partial charge in [-0.2, -0.15) is 0 Å². The van der Waals surface area contributed by atoms with Gasteiger partial charge in [0, 0.05) is 48.5 Å². The zero-order valence-electron chi connectivity index (χ0n) is 28.5. The predicted octanol–water partition coefficient (Wildman–Crippen LogP) is 12.1. The number of furan rings is 1. The maximum Gasteiger partial charge on any atom is 0.176 e. The van der Waals surface area contributed by atoms with Crippen LogP contribution in [-0.2, 0) is 0 Å². The van der Waals surface area contributed by atoms with Crippen LogP contribution >= 0.6 is 22.9 Å². The van der Waals surface area contributed by atoms with Crippen molar-refractivity contribution in [3.63, 3.8) is 0 Å². The fraction of sp³-hybridized carbons (Fsp3) is 0.0435. The van der Waals surface area contributed by atoms with Crippen molar-refractivity contribution in [2.75, 3.05) is 0 Å². The monoisotopic (exact) mass is 707 g/mol. The van der Waals surface area contributed by atoms with E-state index < -0.39 is 0 Å². The predicted molar refractivity (Wildman–Crippen MR) is 225 cm³/mol. The van der Waals surface area contributed by atoms with E-state index in [1.165, 1.54) is 41.7 Å². The number of nitrogens with zero attached hydrogens (tertiary/aromatic N) is 3. The van der Waals surface area contributed by atoms with Gasteiger partial charge in [-0.3, -0.25) is 4.57 Å². The van der Waals surface area contributed by atoms with Gasteiger partial charge in [0.1, 0.15) is 11.2 Å². The highest BCUT2D eigenvalue weighted by Gasteiger charge is 2.23. The second kappa shape index (κ2) is 11.5. The summed E-state index contributed by atoms with van der Waals surface area (Å²) in [6, 6.07) is 30.2. The quantitative estimate of drug-likeness (QED) is 0.171. The number of hydrogen-bond donors (Lipinski definition) is 0. The highest BCUT2D eigenvalue weighted by molar-refractivity contribution is 7.27. The molecular weight excluding hydrogens is 678 g/mol. The van der Waals surface area contributed by atoms with Crippen molar-refractivity contribution in [1.29, 1.82) is 0 Å². The average Bonchev–Trinajstić information content (AvgIpc) is 3.81. The number of rotatable bonds is 4. The Labute approximate surface area is 307 Å². The summed E-state index contributed by atoms with van der Waals surface area (Å²) in [7, 11) is 0. The molecule has 248 valence electrons. The molecule has 0 unspecified atom stereocenters. The van der Waals surface area contributed by atoms with Crippen molar-refractivity contribution < 1.29 is 4.42 Å². The van der Waals surface area contributed by atoms with Gasteiger partial charge in [-0.15, -0.1) is 11.3 Å². The molecule has 6 aromatic carbocycles. The molecule has 10 aromatic rings. The van der Waals surface area contributed by atoms with Crippen LogP contribution in [0.25, 0.3) is 110 Å². The third kappa shape index (κ3) is 4.27. The lowest BCUT2D eigenvalue weighted by Gasteiger charge is -2.11. The topological polar surface area (TPSA) is 43.9 Å². The smallest absolute Gasteiger partial charge is 0.176 e. The summed E-state index contributed by atoms with van der Waals surface area (Å²) in [5.41, 5.74) is 6.16. The lowest BCUT2D eigenvalue weighted by molar-refractivity contribution is 0.668. The maximum atomic E-state index is 7.25. The van der Waals surface area contributed by atoms with E-state index in [1.54, 1.807) is 6.08 Å². The molecular formula is C46H30ClN3OS. The van der Waals surface area contributed by atoms with E-state index in [9.17, 15) is 0 Å². The Bertz CT molecular complexity index is 3380. The van der Waals surface area contributed by atoms with E-state index in [2.05, 4.69) is 110 Å². The van der Waals surface area contributed by atoms with Gasteiger partial charge in [0.2, 0.25) is 0 Å².